The summed E-state index contributed by atoms with van der Waals surface area (Å²) in [6.07, 6.45) is 7.59. The van der Waals surface area contributed by atoms with Crippen LogP contribution in [0.25, 0.3) is 0 Å². The zero-order valence-corrected chi connectivity index (χ0v) is 18.8. The molecule has 32 heavy (non-hydrogen) atoms. The van der Waals surface area contributed by atoms with Gasteiger partial charge in [-0.15, -0.1) is 0 Å². The van der Waals surface area contributed by atoms with Gasteiger partial charge in [-0.2, -0.15) is 10.1 Å². The molecule has 1 atom stereocenters. The predicted molar refractivity (Wildman–Crippen MR) is 122 cm³/mol. The van der Waals surface area contributed by atoms with Gasteiger partial charge in [0.15, 0.2) is 0 Å². The summed E-state index contributed by atoms with van der Waals surface area (Å²) < 4.78 is 7.60. The Morgan fingerprint density at radius 2 is 2.06 bits per heavy atom. The molecule has 168 valence electrons. The van der Waals surface area contributed by atoms with Crippen LogP contribution in [0.3, 0.4) is 0 Å². The van der Waals surface area contributed by atoms with Crippen LogP contribution in [-0.4, -0.2) is 43.5 Å². The van der Waals surface area contributed by atoms with Crippen molar-refractivity contribution < 1.29 is 14.6 Å². The van der Waals surface area contributed by atoms with E-state index in [-0.39, 0.29) is 36.1 Å². The highest BCUT2D eigenvalue weighted by molar-refractivity contribution is 6.40. The van der Waals surface area contributed by atoms with Gasteiger partial charge < -0.3 is 20.5 Å². The van der Waals surface area contributed by atoms with E-state index in [9.17, 15) is 9.90 Å². The van der Waals surface area contributed by atoms with E-state index in [4.69, 9.17) is 27.9 Å². The first-order chi connectivity index (χ1) is 15.4. The van der Waals surface area contributed by atoms with Gasteiger partial charge >= 0.3 is 0 Å². The van der Waals surface area contributed by atoms with Gasteiger partial charge in [0.2, 0.25) is 11.8 Å². The van der Waals surface area contributed by atoms with E-state index in [0.29, 0.717) is 21.4 Å². The molecule has 1 aliphatic rings. The van der Waals surface area contributed by atoms with E-state index >= 15 is 0 Å². The summed E-state index contributed by atoms with van der Waals surface area (Å²) in [5.41, 5.74) is 1.12. The van der Waals surface area contributed by atoms with Crippen molar-refractivity contribution in [2.75, 3.05) is 17.2 Å². The zero-order valence-electron chi connectivity index (χ0n) is 17.3. The molecule has 0 aliphatic heterocycles. The van der Waals surface area contributed by atoms with Crippen LogP contribution in [-0.2, 0) is 0 Å². The summed E-state index contributed by atoms with van der Waals surface area (Å²) in [7, 11) is 0. The van der Waals surface area contributed by atoms with Crippen LogP contribution in [0.15, 0.2) is 36.8 Å². The number of hydrogen-bond acceptors (Lipinski definition) is 7. The monoisotopic (exact) mass is 476 g/mol. The van der Waals surface area contributed by atoms with E-state index in [1.807, 2.05) is 6.92 Å². The first-order valence-electron chi connectivity index (χ1n) is 10.2. The molecule has 4 rings (SSSR count). The maximum atomic E-state index is 13.0. The summed E-state index contributed by atoms with van der Waals surface area (Å²) in [4.78, 5) is 21.6. The van der Waals surface area contributed by atoms with Gasteiger partial charge in [-0.05, 0) is 38.3 Å². The number of nitrogens with one attached hydrogen (secondary N) is 2. The van der Waals surface area contributed by atoms with Crippen LogP contribution >= 0.6 is 23.2 Å². The van der Waals surface area contributed by atoms with Crippen LogP contribution in [0.5, 0.6) is 5.88 Å². The quantitative estimate of drug-likeness (QED) is 0.439. The second-order valence-corrected chi connectivity index (χ2v) is 8.31. The lowest BCUT2D eigenvalue weighted by molar-refractivity contribution is 0.0979. The number of halogens is 2. The van der Waals surface area contributed by atoms with Crippen molar-refractivity contribution in [3.63, 3.8) is 0 Å². The van der Waals surface area contributed by atoms with Crippen LogP contribution in [0.4, 0.5) is 17.3 Å². The largest absolute Gasteiger partial charge is 0.474 e. The molecule has 1 fully saturated rings. The number of anilines is 3. The molecule has 2 heterocycles. The number of aliphatic hydroxyl groups is 1. The average molecular weight is 477 g/mol. The van der Waals surface area contributed by atoms with Gasteiger partial charge in [0.1, 0.15) is 11.7 Å². The molecule has 1 aromatic carbocycles. The van der Waals surface area contributed by atoms with Crippen molar-refractivity contribution in [3.05, 3.63) is 52.4 Å². The third-order valence-corrected chi connectivity index (χ3v) is 5.73. The molecule has 0 bridgehead atoms. The number of para-hydroxylation sites is 1. The number of hydrogen-bond donors (Lipinski definition) is 3. The van der Waals surface area contributed by atoms with Gasteiger partial charge in [-0.3, -0.25) is 9.48 Å². The fraction of sp³-hybridized carbons (Fsp3) is 0.333. The van der Waals surface area contributed by atoms with Crippen molar-refractivity contribution in [2.45, 2.75) is 38.3 Å². The zero-order chi connectivity index (χ0) is 22.7. The van der Waals surface area contributed by atoms with Gasteiger partial charge in [-0.1, -0.05) is 29.3 Å². The topological polar surface area (TPSA) is 114 Å². The molecular formula is C21H22Cl2N6O3. The normalized spacial score (nSPS) is 14.5. The van der Waals surface area contributed by atoms with Crippen molar-refractivity contribution in [1.82, 2.24) is 19.7 Å². The second-order valence-electron chi connectivity index (χ2n) is 7.50. The summed E-state index contributed by atoms with van der Waals surface area (Å²) >= 11 is 12.3. The Morgan fingerprint density at radius 1 is 1.31 bits per heavy atom. The lowest BCUT2D eigenvalue weighted by Gasteiger charge is -2.26. The van der Waals surface area contributed by atoms with Crippen molar-refractivity contribution in [1.29, 1.82) is 0 Å². The predicted octanol–water partition coefficient (Wildman–Crippen LogP) is 4.46. The van der Waals surface area contributed by atoms with E-state index in [2.05, 4.69) is 25.7 Å². The summed E-state index contributed by atoms with van der Waals surface area (Å²) in [6, 6.07) is 4.80. The summed E-state index contributed by atoms with van der Waals surface area (Å²) in [5.74, 6) is -0.0580. The first kappa shape index (κ1) is 22.3. The number of aliphatic hydroxyl groups excluding tert-OH is 1. The van der Waals surface area contributed by atoms with Crippen LogP contribution in [0, 0.1) is 0 Å². The van der Waals surface area contributed by atoms with Gasteiger partial charge in [0.25, 0.3) is 5.91 Å². The summed E-state index contributed by atoms with van der Waals surface area (Å²) in [5, 5.41) is 19.9. The molecule has 0 radical (unpaired) electrons. The molecule has 1 saturated carbocycles. The fourth-order valence-corrected chi connectivity index (χ4v) is 3.46. The van der Waals surface area contributed by atoms with Crippen LogP contribution in [0.2, 0.25) is 10.0 Å². The number of carbonyl (C=O) groups is 1. The second kappa shape index (κ2) is 9.72. The molecule has 3 aromatic rings. The molecule has 0 spiro atoms. The molecule has 0 saturated heterocycles. The Hall–Kier alpha value is -2.88. The minimum absolute atomic E-state index is 0.00125. The van der Waals surface area contributed by atoms with Crippen molar-refractivity contribution in [3.8, 4) is 5.88 Å². The van der Waals surface area contributed by atoms with Crippen LogP contribution in [0.1, 0.15) is 42.6 Å². The van der Waals surface area contributed by atoms with Crippen molar-refractivity contribution >= 4 is 46.4 Å². The average Bonchev–Trinajstić information content (AvgIpc) is 3.21. The number of benzene rings is 1. The van der Waals surface area contributed by atoms with E-state index < -0.39 is 5.91 Å². The standard InChI is InChI=1S/C21H22Cl2N6O3/c1-12(11-30)29-10-13(8-25-29)26-21-24-9-15(20(28-21)32-14-4-2-5-14)19(31)27-18-16(22)6-3-7-17(18)23/h3,6-10,12,14,30H,2,4-5,11H2,1H3,(H,27,31)(H,24,26,28)/t12-/m1/s1. The molecule has 9 nitrogen and oxygen atoms in total. The van der Waals surface area contributed by atoms with E-state index in [1.54, 1.807) is 35.3 Å². The molecule has 1 amide bonds. The molecule has 3 N–H and O–H groups in total. The van der Waals surface area contributed by atoms with Gasteiger partial charge in [0, 0.05) is 12.4 Å². The minimum Gasteiger partial charge on any atom is -0.474 e. The van der Waals surface area contributed by atoms with Crippen molar-refractivity contribution in [2.24, 2.45) is 0 Å². The SMILES string of the molecule is C[C@H](CO)n1cc(Nc2ncc(C(=O)Nc3c(Cl)cccc3Cl)c(OC3CCC3)n2)cn1. The van der Waals surface area contributed by atoms with Gasteiger partial charge in [0.05, 0.1) is 40.3 Å². The number of nitrogens with zero attached hydrogens (tertiary/aromatic N) is 4. The Labute approximate surface area is 194 Å². The molecular weight excluding hydrogens is 455 g/mol. The number of ether oxygens (including phenoxy) is 1. The lowest BCUT2D eigenvalue weighted by Crippen LogP contribution is -2.27. The molecule has 1 aliphatic carbocycles. The molecule has 0 unspecified atom stereocenters. The Morgan fingerprint density at radius 3 is 2.72 bits per heavy atom. The minimum atomic E-state index is -0.481. The van der Waals surface area contributed by atoms with E-state index in [0.717, 1.165) is 19.3 Å². The maximum absolute atomic E-state index is 13.0. The molecule has 11 heteroatoms. The fourth-order valence-electron chi connectivity index (χ4n) is 2.97. The maximum Gasteiger partial charge on any atom is 0.262 e. The highest BCUT2D eigenvalue weighted by Crippen LogP contribution is 2.32. The smallest absolute Gasteiger partial charge is 0.262 e. The highest BCUT2D eigenvalue weighted by Gasteiger charge is 2.25. The third-order valence-electron chi connectivity index (χ3n) is 5.10. The number of aromatic nitrogens is 4. The highest BCUT2D eigenvalue weighted by atomic mass is 35.5. The number of amides is 1. The van der Waals surface area contributed by atoms with Crippen LogP contribution < -0.4 is 15.4 Å². The third kappa shape index (κ3) is 4.95. The van der Waals surface area contributed by atoms with E-state index in [1.165, 1.54) is 6.20 Å². The lowest BCUT2D eigenvalue weighted by atomic mass is 9.96. The number of carbonyl (C=O) groups excluding carboxylic acids is 1. The Kier molecular flexibility index (Phi) is 6.78. The van der Waals surface area contributed by atoms with Gasteiger partial charge in [-0.25, -0.2) is 4.98 Å². The number of rotatable bonds is 8. The Balaban J connectivity index is 1.58. The molecule has 2 aromatic heterocycles. The first-order valence-corrected chi connectivity index (χ1v) is 10.9. The Bertz CT molecular complexity index is 1100. The summed E-state index contributed by atoms with van der Waals surface area (Å²) in [6.45, 7) is 1.81.